The molecule has 120 valence electrons. The lowest BCUT2D eigenvalue weighted by molar-refractivity contribution is -0.128. The van der Waals surface area contributed by atoms with Crippen LogP contribution >= 0.6 is 0 Å². The highest BCUT2D eigenvalue weighted by molar-refractivity contribution is 5.79. The van der Waals surface area contributed by atoms with Gasteiger partial charge in [-0.25, -0.2) is 8.78 Å². The van der Waals surface area contributed by atoms with Gasteiger partial charge in [0.25, 0.3) is 0 Å². The van der Waals surface area contributed by atoms with Crippen LogP contribution in [0.25, 0.3) is 0 Å². The van der Waals surface area contributed by atoms with Crippen molar-refractivity contribution in [1.82, 2.24) is 4.90 Å². The zero-order valence-electron chi connectivity index (χ0n) is 12.8. The number of ether oxygens (including phenoxy) is 1. The Morgan fingerprint density at radius 3 is 2.43 bits per heavy atom. The van der Waals surface area contributed by atoms with E-state index in [4.69, 9.17) is 4.74 Å². The van der Waals surface area contributed by atoms with E-state index in [1.807, 2.05) is 30.3 Å². The first kappa shape index (κ1) is 15.5. The van der Waals surface area contributed by atoms with Crippen LogP contribution in [0.5, 0.6) is 5.75 Å². The molecule has 3 rings (SSSR count). The fraction of sp³-hybridized carbons (Fsp3) is 0.278. The predicted octanol–water partition coefficient (Wildman–Crippen LogP) is 3.49. The van der Waals surface area contributed by atoms with Crippen LogP contribution in [0.3, 0.4) is 0 Å². The predicted molar refractivity (Wildman–Crippen MR) is 82.1 cm³/mol. The molecule has 0 aromatic heterocycles. The molecule has 1 fully saturated rings. The van der Waals surface area contributed by atoms with E-state index >= 15 is 0 Å². The number of carbonyl (C=O) groups is 1. The summed E-state index contributed by atoms with van der Waals surface area (Å²) >= 11 is 0. The summed E-state index contributed by atoms with van der Waals surface area (Å²) in [5.74, 6) is -1.76. The minimum Gasteiger partial charge on any atom is -0.497 e. The van der Waals surface area contributed by atoms with Crippen LogP contribution in [-0.2, 0) is 11.3 Å². The van der Waals surface area contributed by atoms with Gasteiger partial charge < -0.3 is 9.64 Å². The Hall–Kier alpha value is -2.43. The van der Waals surface area contributed by atoms with E-state index in [0.29, 0.717) is 13.1 Å². The Labute approximate surface area is 133 Å². The first-order valence-electron chi connectivity index (χ1n) is 7.43. The number of likely N-dealkylation sites (tertiary alicyclic amines) is 1. The fourth-order valence-corrected chi connectivity index (χ4v) is 2.99. The van der Waals surface area contributed by atoms with Crippen molar-refractivity contribution in [1.29, 1.82) is 0 Å². The maximum Gasteiger partial charge on any atom is 0.223 e. The average Bonchev–Trinajstić information content (AvgIpc) is 2.88. The highest BCUT2D eigenvalue weighted by atomic mass is 19.1. The van der Waals surface area contributed by atoms with Crippen LogP contribution < -0.4 is 4.74 Å². The molecule has 3 nitrogen and oxygen atoms in total. The van der Waals surface area contributed by atoms with Gasteiger partial charge in [0.05, 0.1) is 7.11 Å². The Balaban J connectivity index is 1.80. The van der Waals surface area contributed by atoms with E-state index in [2.05, 4.69) is 0 Å². The summed E-state index contributed by atoms with van der Waals surface area (Å²) in [7, 11) is 1.36. The van der Waals surface area contributed by atoms with Crippen molar-refractivity contribution in [2.45, 2.75) is 18.9 Å². The molecule has 1 atom stereocenters. The molecule has 2 aromatic rings. The first-order chi connectivity index (χ1) is 11.1. The summed E-state index contributed by atoms with van der Waals surface area (Å²) < 4.78 is 33.2. The topological polar surface area (TPSA) is 29.5 Å². The number of halogens is 2. The van der Waals surface area contributed by atoms with Crippen LogP contribution in [0.15, 0.2) is 42.5 Å². The van der Waals surface area contributed by atoms with Crippen LogP contribution in [0, 0.1) is 11.6 Å². The SMILES string of the molecule is COc1cc(F)c([C@H]2CC(=O)N(Cc3ccccc3)C2)c(F)c1. The summed E-state index contributed by atoms with van der Waals surface area (Å²) in [5.41, 5.74) is 0.965. The molecule has 0 unspecified atom stereocenters. The maximum absolute atomic E-state index is 14.2. The van der Waals surface area contributed by atoms with E-state index in [-0.39, 0.29) is 23.6 Å². The summed E-state index contributed by atoms with van der Waals surface area (Å²) in [4.78, 5) is 13.8. The zero-order valence-corrected chi connectivity index (χ0v) is 12.8. The molecule has 0 aliphatic carbocycles. The highest BCUT2D eigenvalue weighted by Crippen LogP contribution is 2.34. The van der Waals surface area contributed by atoms with E-state index in [1.54, 1.807) is 4.90 Å². The van der Waals surface area contributed by atoms with E-state index < -0.39 is 17.6 Å². The molecule has 2 aromatic carbocycles. The summed E-state index contributed by atoms with van der Waals surface area (Å²) in [6.07, 6.45) is 0.118. The molecule has 1 aliphatic heterocycles. The molecule has 0 radical (unpaired) electrons. The van der Waals surface area contributed by atoms with Crippen molar-refractivity contribution < 1.29 is 18.3 Å². The minimum atomic E-state index is -0.666. The molecule has 1 aliphatic rings. The summed E-state index contributed by atoms with van der Waals surface area (Å²) in [5, 5.41) is 0. The smallest absolute Gasteiger partial charge is 0.223 e. The molecule has 1 saturated heterocycles. The number of amides is 1. The third kappa shape index (κ3) is 3.18. The second kappa shape index (κ2) is 6.36. The van der Waals surface area contributed by atoms with E-state index in [0.717, 1.165) is 17.7 Å². The molecule has 0 N–H and O–H groups in total. The van der Waals surface area contributed by atoms with Gasteiger partial charge >= 0.3 is 0 Å². The van der Waals surface area contributed by atoms with Crippen LogP contribution in [0.2, 0.25) is 0 Å². The zero-order chi connectivity index (χ0) is 16.4. The third-order valence-corrected chi connectivity index (χ3v) is 4.13. The Bertz CT molecular complexity index is 695. The van der Waals surface area contributed by atoms with Crippen LogP contribution in [0.1, 0.15) is 23.5 Å². The van der Waals surface area contributed by atoms with Crippen LogP contribution in [-0.4, -0.2) is 24.5 Å². The molecular weight excluding hydrogens is 300 g/mol. The maximum atomic E-state index is 14.2. The van der Waals surface area contributed by atoms with Crippen LogP contribution in [0.4, 0.5) is 8.78 Å². The Morgan fingerprint density at radius 2 is 1.83 bits per heavy atom. The Morgan fingerprint density at radius 1 is 1.17 bits per heavy atom. The molecule has 5 heteroatoms. The van der Waals surface area contributed by atoms with E-state index in [1.165, 1.54) is 7.11 Å². The van der Waals surface area contributed by atoms with Crippen molar-refractivity contribution in [2.24, 2.45) is 0 Å². The van der Waals surface area contributed by atoms with Crippen molar-refractivity contribution >= 4 is 5.91 Å². The van der Waals surface area contributed by atoms with Gasteiger partial charge in [0.1, 0.15) is 17.4 Å². The number of benzene rings is 2. The lowest BCUT2D eigenvalue weighted by Crippen LogP contribution is -2.24. The van der Waals surface area contributed by atoms with Gasteiger partial charge in [-0.3, -0.25) is 4.79 Å². The number of rotatable bonds is 4. The first-order valence-corrected chi connectivity index (χ1v) is 7.43. The van der Waals surface area contributed by atoms with Gasteiger partial charge in [0, 0.05) is 43.1 Å². The largest absolute Gasteiger partial charge is 0.497 e. The molecule has 0 saturated carbocycles. The fourth-order valence-electron chi connectivity index (χ4n) is 2.99. The summed E-state index contributed by atoms with van der Waals surface area (Å²) in [6, 6.07) is 11.9. The normalized spacial score (nSPS) is 17.6. The van der Waals surface area contributed by atoms with Crippen molar-refractivity contribution in [3.8, 4) is 5.75 Å². The van der Waals surface area contributed by atoms with Gasteiger partial charge in [-0.1, -0.05) is 30.3 Å². The quantitative estimate of drug-likeness (QED) is 0.864. The standard InChI is InChI=1S/C18H17F2NO2/c1-23-14-8-15(19)18(16(20)9-14)13-7-17(22)21(11-13)10-12-5-3-2-4-6-12/h2-6,8-9,13H,7,10-11H2,1H3/t13-/m0/s1. The van der Waals surface area contributed by atoms with Crippen molar-refractivity contribution in [2.75, 3.05) is 13.7 Å². The lowest BCUT2D eigenvalue weighted by atomic mass is 9.97. The monoisotopic (exact) mass is 317 g/mol. The number of hydrogen-bond acceptors (Lipinski definition) is 2. The molecule has 0 spiro atoms. The molecule has 0 bridgehead atoms. The second-order valence-corrected chi connectivity index (χ2v) is 5.67. The van der Waals surface area contributed by atoms with Gasteiger partial charge in [-0.2, -0.15) is 0 Å². The summed E-state index contributed by atoms with van der Waals surface area (Å²) in [6.45, 7) is 0.767. The van der Waals surface area contributed by atoms with Crippen molar-refractivity contribution in [3.63, 3.8) is 0 Å². The van der Waals surface area contributed by atoms with E-state index in [9.17, 15) is 13.6 Å². The second-order valence-electron chi connectivity index (χ2n) is 5.67. The number of hydrogen-bond donors (Lipinski definition) is 0. The molecule has 1 amide bonds. The number of methoxy groups -OCH3 is 1. The molecule has 23 heavy (non-hydrogen) atoms. The highest BCUT2D eigenvalue weighted by Gasteiger charge is 2.34. The Kier molecular flexibility index (Phi) is 4.28. The van der Waals surface area contributed by atoms with Gasteiger partial charge in [0.15, 0.2) is 0 Å². The van der Waals surface area contributed by atoms with Gasteiger partial charge in [-0.05, 0) is 5.56 Å². The molecular formula is C18H17F2NO2. The number of carbonyl (C=O) groups excluding carboxylic acids is 1. The molecule has 1 heterocycles. The van der Waals surface area contributed by atoms with Crippen molar-refractivity contribution in [3.05, 3.63) is 65.2 Å². The number of nitrogens with zero attached hydrogens (tertiary/aromatic N) is 1. The van der Waals surface area contributed by atoms with Gasteiger partial charge in [-0.15, -0.1) is 0 Å². The lowest BCUT2D eigenvalue weighted by Gasteiger charge is -2.17. The van der Waals surface area contributed by atoms with Gasteiger partial charge in [0.2, 0.25) is 5.91 Å². The third-order valence-electron chi connectivity index (χ3n) is 4.13. The minimum absolute atomic E-state index is 0.0327. The average molecular weight is 317 g/mol.